The molecule has 1 aromatic heterocycles. The van der Waals surface area contributed by atoms with Crippen LogP contribution in [-0.2, 0) is 20.9 Å². The molecule has 0 aliphatic carbocycles. The van der Waals surface area contributed by atoms with Gasteiger partial charge in [-0.05, 0) is 12.1 Å². The molecule has 2 N–H and O–H groups in total. The Kier molecular flexibility index (Phi) is 6.80. The Labute approximate surface area is 126 Å². The van der Waals surface area contributed by atoms with Crippen molar-refractivity contribution >= 4 is 29.5 Å². The van der Waals surface area contributed by atoms with Crippen molar-refractivity contribution in [2.75, 3.05) is 18.6 Å². The molecule has 2 amide bonds. The normalized spacial score (nSPS) is 11.7. The highest BCUT2D eigenvalue weighted by Crippen LogP contribution is 2.08. The molecule has 0 saturated carbocycles. The highest BCUT2D eigenvalue weighted by atomic mass is 32.2. The fourth-order valence-corrected chi connectivity index (χ4v) is 2.49. The minimum absolute atomic E-state index is 0.134. The van der Waals surface area contributed by atoms with Gasteiger partial charge in [-0.15, -0.1) is 11.8 Å². The fourth-order valence-electron chi connectivity index (χ4n) is 1.52. The second kappa shape index (κ2) is 8.35. The van der Waals surface area contributed by atoms with E-state index in [1.807, 2.05) is 0 Å². The molecule has 0 bridgehead atoms. The van der Waals surface area contributed by atoms with Crippen LogP contribution >= 0.6 is 11.8 Å². The molecule has 0 aliphatic heterocycles. The topological polar surface area (TPSA) is 99.9 Å². The number of amides is 2. The Bertz CT molecular complexity index is 489. The zero-order valence-corrected chi connectivity index (χ0v) is 12.7. The van der Waals surface area contributed by atoms with Crippen molar-refractivity contribution in [2.24, 2.45) is 0 Å². The van der Waals surface area contributed by atoms with Crippen molar-refractivity contribution in [1.82, 2.24) is 10.2 Å². The highest BCUT2D eigenvalue weighted by molar-refractivity contribution is 8.00. The Balaban J connectivity index is 2.34. The van der Waals surface area contributed by atoms with Crippen LogP contribution in [0.3, 0.4) is 0 Å². The molecule has 116 valence electrons. The van der Waals surface area contributed by atoms with Crippen LogP contribution in [0.4, 0.5) is 0 Å². The maximum Gasteiger partial charge on any atom is 0.327 e. The summed E-state index contributed by atoms with van der Waals surface area (Å²) in [6.07, 6.45) is 1.54. The third-order valence-corrected chi connectivity index (χ3v) is 3.60. The molecule has 0 aliphatic rings. The third-order valence-electron chi connectivity index (χ3n) is 2.58. The number of hydrogen-bond donors (Lipinski definition) is 2. The maximum atomic E-state index is 11.9. The van der Waals surface area contributed by atoms with Crippen LogP contribution in [0.5, 0.6) is 0 Å². The standard InChI is InChI=1S/C13H18N2O5S/c1-9(16)14-11(13(18)19)7-21-8-12(17)15(2)6-10-4-3-5-20-10/h3-5,11H,6-8H2,1-2H3,(H,14,16)(H,18,19). The van der Waals surface area contributed by atoms with Crippen molar-refractivity contribution in [3.05, 3.63) is 24.2 Å². The lowest BCUT2D eigenvalue weighted by Crippen LogP contribution is -2.41. The summed E-state index contributed by atoms with van der Waals surface area (Å²) in [7, 11) is 1.65. The van der Waals surface area contributed by atoms with Gasteiger partial charge in [-0.2, -0.15) is 0 Å². The number of carbonyl (C=O) groups is 3. The molecule has 0 aromatic carbocycles. The zero-order chi connectivity index (χ0) is 15.8. The van der Waals surface area contributed by atoms with Crippen molar-refractivity contribution in [3.63, 3.8) is 0 Å². The summed E-state index contributed by atoms with van der Waals surface area (Å²) in [6.45, 7) is 1.61. The molecule has 8 heteroatoms. The lowest BCUT2D eigenvalue weighted by molar-refractivity contribution is -0.140. The number of carboxylic acid groups (broad SMARTS) is 1. The van der Waals surface area contributed by atoms with E-state index in [0.717, 1.165) is 11.8 Å². The molecular weight excluding hydrogens is 296 g/mol. The monoisotopic (exact) mass is 314 g/mol. The van der Waals surface area contributed by atoms with Crippen LogP contribution in [0.2, 0.25) is 0 Å². The first-order valence-corrected chi connectivity index (χ1v) is 7.39. The summed E-state index contributed by atoms with van der Waals surface area (Å²) in [4.78, 5) is 35.2. The number of hydrogen-bond acceptors (Lipinski definition) is 5. The second-order valence-corrected chi connectivity index (χ2v) is 5.47. The lowest BCUT2D eigenvalue weighted by atomic mass is 10.3. The van der Waals surface area contributed by atoms with E-state index in [2.05, 4.69) is 5.32 Å². The predicted molar refractivity (Wildman–Crippen MR) is 77.7 cm³/mol. The van der Waals surface area contributed by atoms with Gasteiger partial charge in [0.1, 0.15) is 11.8 Å². The van der Waals surface area contributed by atoms with Crippen LogP contribution in [0.15, 0.2) is 22.8 Å². The van der Waals surface area contributed by atoms with Gasteiger partial charge in [0, 0.05) is 19.7 Å². The first-order chi connectivity index (χ1) is 9.90. The molecule has 1 atom stereocenters. The molecule has 1 rings (SSSR count). The van der Waals surface area contributed by atoms with E-state index in [1.165, 1.54) is 18.1 Å². The molecule has 0 fully saturated rings. The first-order valence-electron chi connectivity index (χ1n) is 6.24. The fraction of sp³-hybridized carbons (Fsp3) is 0.462. The van der Waals surface area contributed by atoms with Crippen molar-refractivity contribution in [3.8, 4) is 0 Å². The Morgan fingerprint density at radius 2 is 2.19 bits per heavy atom. The molecule has 1 unspecified atom stereocenters. The molecule has 0 spiro atoms. The van der Waals surface area contributed by atoms with E-state index in [-0.39, 0.29) is 17.4 Å². The summed E-state index contributed by atoms with van der Waals surface area (Å²) in [5.41, 5.74) is 0. The molecular formula is C13H18N2O5S. The van der Waals surface area contributed by atoms with Gasteiger partial charge in [0.2, 0.25) is 11.8 Å². The van der Waals surface area contributed by atoms with E-state index >= 15 is 0 Å². The SMILES string of the molecule is CC(=O)NC(CSCC(=O)N(C)Cc1ccco1)C(=O)O. The number of furan rings is 1. The lowest BCUT2D eigenvalue weighted by Gasteiger charge is -2.17. The van der Waals surface area contributed by atoms with Gasteiger partial charge >= 0.3 is 5.97 Å². The Morgan fingerprint density at radius 1 is 1.48 bits per heavy atom. The Morgan fingerprint density at radius 3 is 2.71 bits per heavy atom. The van der Waals surface area contributed by atoms with E-state index < -0.39 is 17.9 Å². The summed E-state index contributed by atoms with van der Waals surface area (Å²) in [5, 5.41) is 11.3. The molecule has 7 nitrogen and oxygen atoms in total. The first kappa shape index (κ1) is 17.1. The van der Waals surface area contributed by atoms with Crippen molar-refractivity contribution < 1.29 is 23.9 Å². The van der Waals surface area contributed by atoms with Crippen molar-refractivity contribution in [1.29, 1.82) is 0 Å². The predicted octanol–water partition coefficient (Wildman–Crippen LogP) is 0.560. The second-order valence-electron chi connectivity index (χ2n) is 4.44. The van der Waals surface area contributed by atoms with E-state index in [1.54, 1.807) is 19.2 Å². The number of nitrogens with zero attached hydrogens (tertiary/aromatic N) is 1. The average Bonchev–Trinajstić information content (AvgIpc) is 2.89. The van der Waals surface area contributed by atoms with E-state index in [9.17, 15) is 14.4 Å². The smallest absolute Gasteiger partial charge is 0.327 e. The minimum atomic E-state index is -1.12. The highest BCUT2D eigenvalue weighted by Gasteiger charge is 2.19. The van der Waals surface area contributed by atoms with Gasteiger partial charge in [-0.3, -0.25) is 9.59 Å². The quantitative estimate of drug-likeness (QED) is 0.727. The summed E-state index contributed by atoms with van der Waals surface area (Å²) < 4.78 is 5.15. The maximum absolute atomic E-state index is 11.9. The van der Waals surface area contributed by atoms with Gasteiger partial charge < -0.3 is 19.7 Å². The summed E-state index contributed by atoms with van der Waals surface area (Å²) in [6, 6.07) is 2.53. The van der Waals surface area contributed by atoms with Crippen LogP contribution in [0, 0.1) is 0 Å². The molecule has 1 aromatic rings. The number of aliphatic carboxylic acids is 1. The summed E-state index contributed by atoms with van der Waals surface area (Å²) >= 11 is 1.16. The van der Waals surface area contributed by atoms with E-state index in [4.69, 9.17) is 9.52 Å². The molecule has 0 radical (unpaired) electrons. The van der Waals surface area contributed by atoms with Crippen LogP contribution < -0.4 is 5.32 Å². The number of nitrogens with one attached hydrogen (secondary N) is 1. The molecule has 0 saturated heterocycles. The van der Waals surface area contributed by atoms with Gasteiger partial charge in [-0.25, -0.2) is 4.79 Å². The van der Waals surface area contributed by atoms with Gasteiger partial charge in [0.25, 0.3) is 0 Å². The average molecular weight is 314 g/mol. The van der Waals surface area contributed by atoms with Crippen LogP contribution in [0.1, 0.15) is 12.7 Å². The van der Waals surface area contributed by atoms with Gasteiger partial charge in [0.15, 0.2) is 0 Å². The zero-order valence-electron chi connectivity index (χ0n) is 11.9. The van der Waals surface area contributed by atoms with Crippen molar-refractivity contribution in [2.45, 2.75) is 19.5 Å². The Hall–Kier alpha value is -1.96. The number of thioether (sulfide) groups is 1. The third kappa shape index (κ3) is 6.35. The number of rotatable bonds is 8. The minimum Gasteiger partial charge on any atom is -0.480 e. The van der Waals surface area contributed by atoms with Crippen LogP contribution in [0.25, 0.3) is 0 Å². The van der Waals surface area contributed by atoms with E-state index in [0.29, 0.717) is 12.3 Å². The number of carbonyl (C=O) groups excluding carboxylic acids is 2. The van der Waals surface area contributed by atoms with Gasteiger partial charge in [0.05, 0.1) is 18.6 Å². The molecule has 1 heterocycles. The largest absolute Gasteiger partial charge is 0.480 e. The summed E-state index contributed by atoms with van der Waals surface area (Å²) in [5.74, 6) is -0.713. The number of carboxylic acids is 1. The molecule has 21 heavy (non-hydrogen) atoms. The van der Waals surface area contributed by atoms with Gasteiger partial charge in [-0.1, -0.05) is 0 Å². The van der Waals surface area contributed by atoms with Crippen LogP contribution in [-0.4, -0.2) is 52.4 Å².